The highest BCUT2D eigenvalue weighted by atomic mass is 19.4. The molecule has 2 aromatic rings. The van der Waals surface area contributed by atoms with Crippen LogP contribution in [0.15, 0.2) is 42.6 Å². The van der Waals surface area contributed by atoms with Crippen molar-refractivity contribution in [2.75, 3.05) is 26.7 Å². The number of carboxylic acid groups (broad SMARTS) is 1. The van der Waals surface area contributed by atoms with Gasteiger partial charge in [0.1, 0.15) is 11.4 Å². The molecule has 268 valence electrons. The molecule has 1 aliphatic carbocycles. The third-order valence-corrected chi connectivity index (χ3v) is 11.0. The topological polar surface area (TPSA) is 109 Å². The number of methoxy groups -OCH3 is 1. The number of piperidine rings is 2. The molecule has 3 aliphatic rings. The molecule has 3 atom stereocenters. The fourth-order valence-corrected chi connectivity index (χ4v) is 7.97. The second kappa shape index (κ2) is 15.1. The SMILES string of the molecule is CCC[C@@H]1C(C(=O)N2CCC(OC)(c3ccccc3O[C@H](C)CCC3(C(=O)O)CCC3)CC2)CCCN1C(=O)c1ncccc1C(F)(F)F. The van der Waals surface area contributed by atoms with Crippen molar-refractivity contribution in [2.24, 2.45) is 11.3 Å². The van der Waals surface area contributed by atoms with Crippen LogP contribution in [0, 0.1) is 11.3 Å². The molecule has 2 aliphatic heterocycles. The minimum absolute atomic E-state index is 0.0979. The summed E-state index contributed by atoms with van der Waals surface area (Å²) in [5.74, 6) is -1.49. The first kappa shape index (κ1) is 36.6. The van der Waals surface area contributed by atoms with Crippen molar-refractivity contribution < 1.29 is 42.1 Å². The lowest BCUT2D eigenvalue weighted by Gasteiger charge is -2.46. The first-order valence-corrected chi connectivity index (χ1v) is 17.5. The highest BCUT2D eigenvalue weighted by Crippen LogP contribution is 2.46. The fraction of sp³-hybridized carbons (Fsp3) is 0.622. The van der Waals surface area contributed by atoms with Gasteiger partial charge in [0.25, 0.3) is 5.91 Å². The van der Waals surface area contributed by atoms with E-state index in [1.165, 1.54) is 17.2 Å². The lowest BCUT2D eigenvalue weighted by molar-refractivity contribution is -0.155. The zero-order valence-electron chi connectivity index (χ0n) is 28.6. The summed E-state index contributed by atoms with van der Waals surface area (Å²) in [5, 5.41) is 9.73. The first-order valence-electron chi connectivity index (χ1n) is 17.5. The van der Waals surface area contributed by atoms with E-state index in [-0.39, 0.29) is 18.6 Å². The first-order chi connectivity index (χ1) is 23.4. The maximum absolute atomic E-state index is 14.1. The maximum atomic E-state index is 14.1. The van der Waals surface area contributed by atoms with Crippen LogP contribution in [0.3, 0.4) is 0 Å². The Kier molecular flexibility index (Phi) is 11.3. The van der Waals surface area contributed by atoms with Crippen LogP contribution >= 0.6 is 0 Å². The van der Waals surface area contributed by atoms with Gasteiger partial charge in [-0.25, -0.2) is 0 Å². The van der Waals surface area contributed by atoms with Gasteiger partial charge in [-0.05, 0) is 82.9 Å². The Morgan fingerprint density at radius 2 is 1.76 bits per heavy atom. The monoisotopic (exact) mass is 687 g/mol. The number of hydrogen-bond acceptors (Lipinski definition) is 6. The summed E-state index contributed by atoms with van der Waals surface area (Å²) < 4.78 is 53.9. The standard InChI is InChI=1S/C37H48F3N3O6/c1-4-10-29-26(11-8-22-43(29)33(45)31-28(37(38,39)40)13-7-21-41-31)32(44)42-23-19-36(48-3,20-24-42)27-12-5-6-14-30(27)49-25(2)15-18-35(34(46)47)16-9-17-35/h5-7,12-14,21,25-26,29H,4,8-11,15-20,22-24H2,1-3H3,(H,46,47)/t25-,26?,29-/m1/s1. The van der Waals surface area contributed by atoms with Crippen molar-refractivity contribution in [3.63, 3.8) is 0 Å². The Hall–Kier alpha value is -3.67. The number of ether oxygens (including phenoxy) is 2. The third-order valence-electron chi connectivity index (χ3n) is 11.0. The van der Waals surface area contributed by atoms with E-state index in [4.69, 9.17) is 9.47 Å². The molecule has 12 heteroatoms. The Labute approximate surface area is 286 Å². The molecule has 3 fully saturated rings. The average Bonchev–Trinajstić information content (AvgIpc) is 3.07. The lowest BCUT2D eigenvalue weighted by Crippen LogP contribution is -2.55. The number of carboxylic acids is 1. The Balaban J connectivity index is 1.28. The van der Waals surface area contributed by atoms with Gasteiger partial charge in [-0.1, -0.05) is 38.0 Å². The Bertz CT molecular complexity index is 1490. The van der Waals surface area contributed by atoms with E-state index in [2.05, 4.69) is 4.98 Å². The van der Waals surface area contributed by atoms with Gasteiger partial charge >= 0.3 is 12.1 Å². The molecular weight excluding hydrogens is 639 g/mol. The van der Waals surface area contributed by atoms with E-state index in [9.17, 15) is 32.7 Å². The summed E-state index contributed by atoms with van der Waals surface area (Å²) in [6, 6.07) is 9.19. The van der Waals surface area contributed by atoms with Gasteiger partial charge in [-0.2, -0.15) is 13.2 Å². The minimum Gasteiger partial charge on any atom is -0.490 e. The number of hydrogen-bond donors (Lipinski definition) is 1. The zero-order valence-corrected chi connectivity index (χ0v) is 28.6. The number of likely N-dealkylation sites (tertiary alicyclic amines) is 2. The molecule has 1 aromatic carbocycles. The zero-order chi connectivity index (χ0) is 35.4. The van der Waals surface area contributed by atoms with Gasteiger partial charge in [0.15, 0.2) is 0 Å². The molecule has 9 nitrogen and oxygen atoms in total. The number of aromatic nitrogens is 1. The molecule has 0 bridgehead atoms. The second-order valence-electron chi connectivity index (χ2n) is 13.9. The number of alkyl halides is 3. The largest absolute Gasteiger partial charge is 0.490 e. The van der Waals surface area contributed by atoms with Crippen LogP contribution in [0.1, 0.15) is 106 Å². The molecule has 0 radical (unpaired) electrons. The number of benzene rings is 1. The highest BCUT2D eigenvalue weighted by molar-refractivity contribution is 5.95. The molecule has 3 heterocycles. The number of nitrogens with zero attached hydrogens (tertiary/aromatic N) is 3. The number of rotatable bonds is 12. The summed E-state index contributed by atoms with van der Waals surface area (Å²) in [5.41, 5.74) is -2.19. The van der Waals surface area contributed by atoms with Crippen LogP contribution in [0.4, 0.5) is 13.2 Å². The molecular formula is C37H48F3N3O6. The van der Waals surface area contributed by atoms with E-state index in [0.29, 0.717) is 83.0 Å². The molecule has 1 saturated carbocycles. The maximum Gasteiger partial charge on any atom is 0.418 e. The molecule has 0 spiro atoms. The van der Waals surface area contributed by atoms with Crippen molar-refractivity contribution in [3.8, 4) is 5.75 Å². The van der Waals surface area contributed by atoms with Crippen LogP contribution in [0.2, 0.25) is 0 Å². The predicted octanol–water partition coefficient (Wildman–Crippen LogP) is 7.09. The van der Waals surface area contributed by atoms with E-state index in [1.54, 1.807) is 12.0 Å². The summed E-state index contributed by atoms with van der Waals surface area (Å²) in [7, 11) is 1.65. The van der Waals surface area contributed by atoms with E-state index < -0.39 is 52.3 Å². The quantitative estimate of drug-likeness (QED) is 0.254. The van der Waals surface area contributed by atoms with Gasteiger partial charge in [0, 0.05) is 44.5 Å². The minimum atomic E-state index is -4.73. The van der Waals surface area contributed by atoms with Gasteiger partial charge in [-0.15, -0.1) is 0 Å². The number of aliphatic carboxylic acids is 1. The van der Waals surface area contributed by atoms with Crippen molar-refractivity contribution in [2.45, 2.75) is 108 Å². The summed E-state index contributed by atoms with van der Waals surface area (Å²) in [6.07, 6.45) is 2.96. The lowest BCUT2D eigenvalue weighted by atomic mass is 9.66. The predicted molar refractivity (Wildman–Crippen MR) is 176 cm³/mol. The molecule has 5 rings (SSSR count). The van der Waals surface area contributed by atoms with Gasteiger partial charge in [-0.3, -0.25) is 19.4 Å². The van der Waals surface area contributed by atoms with Crippen molar-refractivity contribution in [1.29, 1.82) is 0 Å². The van der Waals surface area contributed by atoms with Crippen LogP contribution in [0.25, 0.3) is 0 Å². The number of para-hydroxylation sites is 1. The van der Waals surface area contributed by atoms with Crippen molar-refractivity contribution >= 4 is 17.8 Å². The van der Waals surface area contributed by atoms with E-state index in [1.807, 2.05) is 38.1 Å². The number of carbonyl (C=O) groups excluding carboxylic acids is 2. The number of pyridine rings is 1. The summed E-state index contributed by atoms with van der Waals surface area (Å²) in [6.45, 7) is 4.96. The number of amides is 2. The molecule has 1 aromatic heterocycles. The molecule has 1 N–H and O–H groups in total. The van der Waals surface area contributed by atoms with Gasteiger partial charge < -0.3 is 24.4 Å². The Morgan fingerprint density at radius 1 is 1.04 bits per heavy atom. The highest BCUT2D eigenvalue weighted by Gasteiger charge is 2.46. The molecule has 2 saturated heterocycles. The molecule has 49 heavy (non-hydrogen) atoms. The van der Waals surface area contributed by atoms with Gasteiger partial charge in [0.05, 0.1) is 28.6 Å². The van der Waals surface area contributed by atoms with Crippen LogP contribution in [-0.2, 0) is 26.1 Å². The number of halogens is 3. The van der Waals surface area contributed by atoms with Crippen LogP contribution in [-0.4, -0.2) is 76.6 Å². The van der Waals surface area contributed by atoms with Crippen molar-refractivity contribution in [3.05, 3.63) is 59.4 Å². The van der Waals surface area contributed by atoms with Crippen LogP contribution in [0.5, 0.6) is 5.75 Å². The van der Waals surface area contributed by atoms with E-state index >= 15 is 0 Å². The van der Waals surface area contributed by atoms with Crippen LogP contribution < -0.4 is 4.74 Å². The molecule has 1 unspecified atom stereocenters. The third kappa shape index (κ3) is 7.59. The smallest absolute Gasteiger partial charge is 0.418 e. The van der Waals surface area contributed by atoms with Crippen molar-refractivity contribution in [1.82, 2.24) is 14.8 Å². The second-order valence-corrected chi connectivity index (χ2v) is 13.9. The van der Waals surface area contributed by atoms with Gasteiger partial charge in [0.2, 0.25) is 5.91 Å². The Morgan fingerprint density at radius 3 is 2.37 bits per heavy atom. The fourth-order valence-electron chi connectivity index (χ4n) is 7.97. The number of carbonyl (C=O) groups is 3. The molecule has 2 amide bonds. The van der Waals surface area contributed by atoms with E-state index in [0.717, 1.165) is 18.1 Å². The normalized spacial score (nSPS) is 22.6. The summed E-state index contributed by atoms with van der Waals surface area (Å²) >= 11 is 0. The average molecular weight is 688 g/mol. The summed E-state index contributed by atoms with van der Waals surface area (Å²) in [4.78, 5) is 46.7.